The quantitative estimate of drug-likeness (QED) is 0.588. The van der Waals surface area contributed by atoms with Gasteiger partial charge >= 0.3 is 0 Å². The predicted octanol–water partition coefficient (Wildman–Crippen LogP) is 2.32. The highest BCUT2D eigenvalue weighted by Gasteiger charge is 2.22. The van der Waals surface area contributed by atoms with Crippen LogP contribution in [-0.4, -0.2) is 24.3 Å². The molecule has 0 aromatic rings. The fraction of sp³-hybridized carbons (Fsp3) is 1.00. The van der Waals surface area contributed by atoms with Crippen LogP contribution in [0.5, 0.6) is 0 Å². The fourth-order valence-electron chi connectivity index (χ4n) is 2.03. The number of aliphatic hydroxyl groups excluding tert-OH is 1. The first-order valence-corrected chi connectivity index (χ1v) is 6.19. The SMILES string of the molecule is CC(NCCCCCCO)C1CCC1. The molecule has 0 aromatic heterocycles. The van der Waals surface area contributed by atoms with Gasteiger partial charge in [0.25, 0.3) is 0 Å². The van der Waals surface area contributed by atoms with Crippen LogP contribution in [0.15, 0.2) is 0 Å². The van der Waals surface area contributed by atoms with Crippen molar-refractivity contribution in [2.75, 3.05) is 13.2 Å². The van der Waals surface area contributed by atoms with Gasteiger partial charge in [-0.1, -0.05) is 19.3 Å². The van der Waals surface area contributed by atoms with Crippen molar-refractivity contribution < 1.29 is 5.11 Å². The van der Waals surface area contributed by atoms with Crippen LogP contribution in [0.25, 0.3) is 0 Å². The third kappa shape index (κ3) is 4.43. The van der Waals surface area contributed by atoms with Crippen molar-refractivity contribution in [2.24, 2.45) is 5.92 Å². The molecule has 0 aromatic carbocycles. The highest BCUT2D eigenvalue weighted by molar-refractivity contribution is 4.79. The van der Waals surface area contributed by atoms with Crippen LogP contribution in [0.2, 0.25) is 0 Å². The van der Waals surface area contributed by atoms with Gasteiger partial charge in [0.1, 0.15) is 0 Å². The molecule has 0 amide bonds. The Kier molecular flexibility index (Phi) is 6.20. The first kappa shape index (κ1) is 12.0. The van der Waals surface area contributed by atoms with Gasteiger partial charge in [-0.15, -0.1) is 0 Å². The number of hydrogen-bond donors (Lipinski definition) is 2. The molecule has 0 spiro atoms. The molecule has 0 radical (unpaired) electrons. The van der Waals surface area contributed by atoms with Crippen molar-refractivity contribution in [3.63, 3.8) is 0 Å². The molecule has 0 aliphatic heterocycles. The van der Waals surface area contributed by atoms with Crippen molar-refractivity contribution >= 4 is 0 Å². The Morgan fingerprint density at radius 1 is 1.21 bits per heavy atom. The van der Waals surface area contributed by atoms with E-state index >= 15 is 0 Å². The monoisotopic (exact) mass is 199 g/mol. The van der Waals surface area contributed by atoms with Crippen LogP contribution in [0.3, 0.4) is 0 Å². The van der Waals surface area contributed by atoms with E-state index in [1.54, 1.807) is 0 Å². The molecule has 0 heterocycles. The minimum absolute atomic E-state index is 0.353. The molecule has 0 saturated heterocycles. The third-order valence-corrected chi connectivity index (χ3v) is 3.41. The van der Waals surface area contributed by atoms with Crippen molar-refractivity contribution in [1.29, 1.82) is 0 Å². The molecule has 1 rings (SSSR count). The number of unbranched alkanes of at least 4 members (excludes halogenated alkanes) is 3. The van der Waals surface area contributed by atoms with E-state index in [0.717, 1.165) is 24.9 Å². The van der Waals surface area contributed by atoms with E-state index in [1.165, 1.54) is 38.5 Å². The normalized spacial score (nSPS) is 19.3. The third-order valence-electron chi connectivity index (χ3n) is 3.41. The topological polar surface area (TPSA) is 32.3 Å². The smallest absolute Gasteiger partial charge is 0.0431 e. The summed E-state index contributed by atoms with van der Waals surface area (Å²) < 4.78 is 0. The zero-order chi connectivity index (χ0) is 10.2. The second kappa shape index (κ2) is 7.24. The summed E-state index contributed by atoms with van der Waals surface area (Å²) >= 11 is 0. The van der Waals surface area contributed by atoms with E-state index < -0.39 is 0 Å². The summed E-state index contributed by atoms with van der Waals surface area (Å²) in [5.41, 5.74) is 0. The lowest BCUT2D eigenvalue weighted by atomic mass is 9.80. The Hall–Kier alpha value is -0.0800. The van der Waals surface area contributed by atoms with E-state index in [1.807, 2.05) is 0 Å². The van der Waals surface area contributed by atoms with Gasteiger partial charge in [0.15, 0.2) is 0 Å². The summed E-state index contributed by atoms with van der Waals surface area (Å²) in [6.45, 7) is 3.83. The minimum Gasteiger partial charge on any atom is -0.396 e. The van der Waals surface area contributed by atoms with Crippen LogP contribution in [0.4, 0.5) is 0 Å². The van der Waals surface area contributed by atoms with E-state index in [0.29, 0.717) is 6.61 Å². The second-order valence-electron chi connectivity index (χ2n) is 4.57. The molecular weight excluding hydrogens is 174 g/mol. The van der Waals surface area contributed by atoms with Gasteiger partial charge < -0.3 is 10.4 Å². The molecule has 2 N–H and O–H groups in total. The maximum absolute atomic E-state index is 8.61. The predicted molar refractivity (Wildman–Crippen MR) is 60.4 cm³/mol. The highest BCUT2D eigenvalue weighted by Crippen LogP contribution is 2.29. The fourth-order valence-corrected chi connectivity index (χ4v) is 2.03. The minimum atomic E-state index is 0.353. The van der Waals surface area contributed by atoms with Gasteiger partial charge in [-0.05, 0) is 45.1 Å². The first-order valence-electron chi connectivity index (χ1n) is 6.19. The van der Waals surface area contributed by atoms with Crippen LogP contribution in [-0.2, 0) is 0 Å². The molecule has 1 aliphatic carbocycles. The lowest BCUT2D eigenvalue weighted by Crippen LogP contribution is -2.37. The van der Waals surface area contributed by atoms with Crippen LogP contribution in [0, 0.1) is 5.92 Å². The maximum Gasteiger partial charge on any atom is 0.0431 e. The number of aliphatic hydroxyl groups is 1. The van der Waals surface area contributed by atoms with Gasteiger partial charge in [0.05, 0.1) is 0 Å². The molecule has 0 bridgehead atoms. The number of rotatable bonds is 8. The Balaban J connectivity index is 1.82. The number of nitrogens with one attached hydrogen (secondary N) is 1. The molecule has 2 heteroatoms. The van der Waals surface area contributed by atoms with Gasteiger partial charge in [0, 0.05) is 12.6 Å². The van der Waals surface area contributed by atoms with Crippen molar-refractivity contribution in [3.8, 4) is 0 Å². The summed E-state index contributed by atoms with van der Waals surface area (Å²) in [6, 6.07) is 0.724. The summed E-state index contributed by atoms with van der Waals surface area (Å²) in [5.74, 6) is 0.951. The van der Waals surface area contributed by atoms with Crippen molar-refractivity contribution in [2.45, 2.75) is 57.9 Å². The molecule has 1 atom stereocenters. The second-order valence-corrected chi connectivity index (χ2v) is 4.57. The van der Waals surface area contributed by atoms with Crippen molar-refractivity contribution in [3.05, 3.63) is 0 Å². The lowest BCUT2D eigenvalue weighted by Gasteiger charge is -2.32. The molecule has 1 aliphatic rings. The van der Waals surface area contributed by atoms with E-state index in [-0.39, 0.29) is 0 Å². The van der Waals surface area contributed by atoms with Gasteiger partial charge in [-0.2, -0.15) is 0 Å². The molecular formula is C12H25NO. The Morgan fingerprint density at radius 2 is 1.93 bits per heavy atom. The largest absolute Gasteiger partial charge is 0.396 e. The van der Waals surface area contributed by atoms with Crippen LogP contribution in [0.1, 0.15) is 51.9 Å². The van der Waals surface area contributed by atoms with Crippen LogP contribution >= 0.6 is 0 Å². The van der Waals surface area contributed by atoms with E-state index in [2.05, 4.69) is 12.2 Å². The lowest BCUT2D eigenvalue weighted by molar-refractivity contribution is 0.240. The molecule has 84 valence electrons. The number of hydrogen-bond acceptors (Lipinski definition) is 2. The van der Waals surface area contributed by atoms with Gasteiger partial charge in [-0.3, -0.25) is 0 Å². The first-order chi connectivity index (χ1) is 6.84. The average molecular weight is 199 g/mol. The Morgan fingerprint density at radius 3 is 2.50 bits per heavy atom. The van der Waals surface area contributed by atoms with Gasteiger partial charge in [-0.25, -0.2) is 0 Å². The Labute approximate surface area is 88.1 Å². The van der Waals surface area contributed by atoms with Crippen molar-refractivity contribution in [1.82, 2.24) is 5.32 Å². The van der Waals surface area contributed by atoms with E-state index in [9.17, 15) is 0 Å². The summed E-state index contributed by atoms with van der Waals surface area (Å²) in [7, 11) is 0. The van der Waals surface area contributed by atoms with Crippen LogP contribution < -0.4 is 5.32 Å². The molecule has 1 saturated carbocycles. The zero-order valence-corrected chi connectivity index (χ0v) is 9.47. The highest BCUT2D eigenvalue weighted by atomic mass is 16.2. The van der Waals surface area contributed by atoms with Gasteiger partial charge in [0.2, 0.25) is 0 Å². The summed E-state index contributed by atoms with van der Waals surface area (Å²) in [4.78, 5) is 0. The maximum atomic E-state index is 8.61. The average Bonchev–Trinajstić information content (AvgIpc) is 2.08. The molecule has 14 heavy (non-hydrogen) atoms. The Bertz CT molecular complexity index is 134. The molecule has 1 unspecified atom stereocenters. The summed E-state index contributed by atoms with van der Waals surface area (Å²) in [5, 5.41) is 12.2. The molecule has 2 nitrogen and oxygen atoms in total. The summed E-state index contributed by atoms with van der Waals surface area (Å²) in [6.07, 6.45) is 8.96. The zero-order valence-electron chi connectivity index (χ0n) is 9.47. The van der Waals surface area contributed by atoms with E-state index in [4.69, 9.17) is 5.11 Å². The standard InChI is InChI=1S/C12H25NO/c1-11(12-7-6-8-12)13-9-4-2-3-5-10-14/h11-14H,2-10H2,1H3. The molecule has 1 fully saturated rings.